The molecule has 1 aromatic carbocycles. The molecule has 0 nitrogen and oxygen atoms in total. The van der Waals surface area contributed by atoms with Crippen LogP contribution in [0.2, 0.25) is 0 Å². The fourth-order valence-corrected chi connectivity index (χ4v) is 1.71. The summed E-state index contributed by atoms with van der Waals surface area (Å²) < 4.78 is -1.33. The van der Waals surface area contributed by atoms with E-state index >= 15 is 0 Å². The van der Waals surface area contributed by atoms with E-state index in [0.717, 1.165) is 4.90 Å². The molecule has 0 aliphatic carbocycles. The van der Waals surface area contributed by atoms with Crippen molar-refractivity contribution in [3.8, 4) is 0 Å². The molecular formula is C7H5Cl3S2. The molecule has 0 radical (unpaired) electrons. The lowest BCUT2D eigenvalue weighted by Gasteiger charge is -2.10. The fourth-order valence-electron chi connectivity index (χ4n) is 0.705. The lowest BCUT2D eigenvalue weighted by atomic mass is 10.2. The number of thiol groups is 1. The maximum atomic E-state index is 5.66. The Morgan fingerprint density at radius 3 is 1.92 bits per heavy atom. The first kappa shape index (κ1) is 10.9. The third-order valence-electron chi connectivity index (χ3n) is 1.29. The monoisotopic (exact) mass is 258 g/mol. The minimum atomic E-state index is -1.33. The molecule has 0 bridgehead atoms. The van der Waals surface area contributed by atoms with Gasteiger partial charge in [0.25, 0.3) is 0 Å². The zero-order chi connectivity index (χ0) is 9.19. The second kappa shape index (κ2) is 4.34. The normalized spacial score (nSPS) is 11.7. The summed E-state index contributed by atoms with van der Waals surface area (Å²) in [5, 5.41) is 0. The van der Waals surface area contributed by atoms with Gasteiger partial charge in [-0.05, 0) is 12.1 Å². The van der Waals surface area contributed by atoms with Gasteiger partial charge >= 0.3 is 0 Å². The van der Waals surface area contributed by atoms with E-state index < -0.39 is 3.79 Å². The highest BCUT2D eigenvalue weighted by molar-refractivity contribution is 8.68. The van der Waals surface area contributed by atoms with Gasteiger partial charge in [-0.1, -0.05) is 57.7 Å². The van der Waals surface area contributed by atoms with Gasteiger partial charge in [0.15, 0.2) is 0 Å². The Morgan fingerprint density at radius 2 is 1.58 bits per heavy atom. The van der Waals surface area contributed by atoms with Crippen molar-refractivity contribution in [2.75, 3.05) is 0 Å². The summed E-state index contributed by atoms with van der Waals surface area (Å²) in [5.74, 6) is 0. The Balaban J connectivity index is 2.93. The van der Waals surface area contributed by atoms with Gasteiger partial charge in [0.05, 0.1) is 0 Å². The van der Waals surface area contributed by atoms with E-state index in [1.807, 2.05) is 12.1 Å². The van der Waals surface area contributed by atoms with E-state index in [0.29, 0.717) is 5.56 Å². The first-order valence-electron chi connectivity index (χ1n) is 3.03. The van der Waals surface area contributed by atoms with Gasteiger partial charge in [-0.15, -0.1) is 11.7 Å². The predicted octanol–water partition coefficient (Wildman–Crippen LogP) is 4.45. The van der Waals surface area contributed by atoms with Crippen molar-refractivity contribution in [1.29, 1.82) is 0 Å². The van der Waals surface area contributed by atoms with Crippen molar-refractivity contribution in [3.63, 3.8) is 0 Å². The van der Waals surface area contributed by atoms with Gasteiger partial charge in [0, 0.05) is 10.5 Å². The van der Waals surface area contributed by atoms with Crippen LogP contribution in [0.15, 0.2) is 29.2 Å². The average Bonchev–Trinajstić information content (AvgIpc) is 2.03. The van der Waals surface area contributed by atoms with Crippen molar-refractivity contribution < 1.29 is 0 Å². The molecule has 0 aliphatic rings. The van der Waals surface area contributed by atoms with Gasteiger partial charge in [-0.25, -0.2) is 0 Å². The van der Waals surface area contributed by atoms with Crippen molar-refractivity contribution in [1.82, 2.24) is 0 Å². The van der Waals surface area contributed by atoms with Crippen LogP contribution in [0, 0.1) is 0 Å². The van der Waals surface area contributed by atoms with E-state index in [9.17, 15) is 0 Å². The van der Waals surface area contributed by atoms with Gasteiger partial charge < -0.3 is 0 Å². The molecule has 12 heavy (non-hydrogen) atoms. The second-order valence-electron chi connectivity index (χ2n) is 2.11. The van der Waals surface area contributed by atoms with E-state index in [1.54, 1.807) is 12.1 Å². The minimum absolute atomic E-state index is 0.665. The van der Waals surface area contributed by atoms with Crippen molar-refractivity contribution in [3.05, 3.63) is 29.8 Å². The van der Waals surface area contributed by atoms with E-state index in [4.69, 9.17) is 34.8 Å². The first-order chi connectivity index (χ1) is 5.54. The molecule has 0 heterocycles. The summed E-state index contributed by atoms with van der Waals surface area (Å²) in [5.41, 5.74) is 0.665. The quantitative estimate of drug-likeness (QED) is 0.442. The molecule has 1 aromatic rings. The number of alkyl halides is 3. The molecule has 0 fully saturated rings. The molecule has 0 aromatic heterocycles. The molecule has 0 atom stereocenters. The number of hydrogen-bond acceptors (Lipinski definition) is 2. The summed E-state index contributed by atoms with van der Waals surface area (Å²) in [6.07, 6.45) is 0. The topological polar surface area (TPSA) is 0 Å². The maximum absolute atomic E-state index is 5.66. The molecule has 0 aliphatic heterocycles. The summed E-state index contributed by atoms with van der Waals surface area (Å²) >= 11 is 21.0. The molecule has 0 saturated heterocycles. The first-order valence-corrected chi connectivity index (χ1v) is 6.03. The largest absolute Gasteiger partial charge is 0.216 e. The average molecular weight is 260 g/mol. The van der Waals surface area contributed by atoms with E-state index in [1.165, 1.54) is 10.8 Å². The molecule has 0 saturated carbocycles. The zero-order valence-electron chi connectivity index (χ0n) is 5.80. The van der Waals surface area contributed by atoms with Crippen LogP contribution in [-0.2, 0) is 3.79 Å². The summed E-state index contributed by atoms with van der Waals surface area (Å²) in [7, 11) is 1.35. The Morgan fingerprint density at radius 1 is 1.08 bits per heavy atom. The molecule has 66 valence electrons. The molecule has 0 unspecified atom stereocenters. The van der Waals surface area contributed by atoms with Crippen LogP contribution in [0.4, 0.5) is 0 Å². The summed E-state index contributed by atoms with van der Waals surface area (Å²) in [4.78, 5) is 1.02. The Kier molecular flexibility index (Phi) is 3.93. The highest BCUT2D eigenvalue weighted by atomic mass is 35.6. The molecular weight excluding hydrogens is 255 g/mol. The van der Waals surface area contributed by atoms with Gasteiger partial charge in [-0.2, -0.15) is 0 Å². The Labute approximate surface area is 95.4 Å². The Hall–Kier alpha value is 0.790. The lowest BCUT2D eigenvalue weighted by Crippen LogP contribution is -1.98. The number of halogens is 3. The standard InChI is InChI=1S/C7H5Cl3S2/c8-7(9,10)5-1-3-6(12-11)4-2-5/h1-4,11H. The second-order valence-corrected chi connectivity index (χ2v) is 5.60. The minimum Gasteiger partial charge on any atom is -0.106 e. The molecule has 0 amide bonds. The van der Waals surface area contributed by atoms with Crippen LogP contribution in [0.1, 0.15) is 5.56 Å². The number of benzene rings is 1. The van der Waals surface area contributed by atoms with Crippen LogP contribution in [0.25, 0.3) is 0 Å². The van der Waals surface area contributed by atoms with Crippen LogP contribution in [-0.4, -0.2) is 0 Å². The molecule has 0 N–H and O–H groups in total. The number of hydrogen-bond donors (Lipinski definition) is 1. The van der Waals surface area contributed by atoms with Crippen LogP contribution in [0.5, 0.6) is 0 Å². The maximum Gasteiger partial charge on any atom is 0.216 e. The summed E-state index contributed by atoms with van der Waals surface area (Å²) in [6, 6.07) is 7.25. The lowest BCUT2D eigenvalue weighted by molar-refractivity contribution is 1.22. The van der Waals surface area contributed by atoms with Crippen molar-refractivity contribution in [2.45, 2.75) is 8.69 Å². The van der Waals surface area contributed by atoms with Gasteiger partial charge in [0.2, 0.25) is 3.79 Å². The summed E-state index contributed by atoms with van der Waals surface area (Å²) in [6.45, 7) is 0. The molecule has 5 heteroatoms. The van der Waals surface area contributed by atoms with E-state index in [-0.39, 0.29) is 0 Å². The highest BCUT2D eigenvalue weighted by Gasteiger charge is 2.21. The van der Waals surface area contributed by atoms with Crippen LogP contribution < -0.4 is 0 Å². The predicted molar refractivity (Wildman–Crippen MR) is 60.5 cm³/mol. The third kappa shape index (κ3) is 2.93. The highest BCUT2D eigenvalue weighted by Crippen LogP contribution is 2.38. The zero-order valence-corrected chi connectivity index (χ0v) is 9.78. The molecule has 1 rings (SSSR count). The third-order valence-corrected chi connectivity index (χ3v) is 3.06. The smallest absolute Gasteiger partial charge is 0.106 e. The van der Waals surface area contributed by atoms with Crippen LogP contribution in [0.3, 0.4) is 0 Å². The van der Waals surface area contributed by atoms with E-state index in [2.05, 4.69) is 11.7 Å². The van der Waals surface area contributed by atoms with Crippen molar-refractivity contribution >= 4 is 57.3 Å². The Bertz CT molecular complexity index is 252. The molecule has 0 spiro atoms. The SMILES string of the molecule is SSc1ccc(C(Cl)(Cl)Cl)cc1. The number of rotatable bonds is 1. The van der Waals surface area contributed by atoms with Gasteiger partial charge in [-0.3, -0.25) is 0 Å². The van der Waals surface area contributed by atoms with Crippen molar-refractivity contribution in [2.24, 2.45) is 0 Å². The fraction of sp³-hybridized carbons (Fsp3) is 0.143. The van der Waals surface area contributed by atoms with Crippen LogP contribution >= 0.6 is 57.3 Å². The van der Waals surface area contributed by atoms with Gasteiger partial charge in [0.1, 0.15) is 0 Å².